The zero-order chi connectivity index (χ0) is 15.7. The Kier molecular flexibility index (Phi) is 4.33. The molecule has 0 radical (unpaired) electrons. The number of hydrogen-bond donors (Lipinski definition) is 1. The van der Waals surface area contributed by atoms with E-state index in [9.17, 15) is 0 Å². The summed E-state index contributed by atoms with van der Waals surface area (Å²) in [5.74, 6) is 0.708. The molecule has 2 aromatic heterocycles. The molecule has 0 aliphatic heterocycles. The van der Waals surface area contributed by atoms with E-state index in [0.717, 1.165) is 26.8 Å². The van der Waals surface area contributed by atoms with Crippen LogP contribution in [0.3, 0.4) is 0 Å². The van der Waals surface area contributed by atoms with Crippen molar-refractivity contribution in [3.63, 3.8) is 0 Å². The van der Waals surface area contributed by atoms with Crippen molar-refractivity contribution >= 4 is 39.4 Å². The van der Waals surface area contributed by atoms with E-state index < -0.39 is 0 Å². The molecule has 0 saturated carbocycles. The molecule has 0 aliphatic rings. The highest BCUT2D eigenvalue weighted by Crippen LogP contribution is 2.34. The molecule has 0 amide bonds. The molecule has 3 aromatic rings. The third kappa shape index (κ3) is 2.95. The van der Waals surface area contributed by atoms with Crippen molar-refractivity contribution in [2.24, 2.45) is 0 Å². The number of ether oxygens (including phenoxy) is 1. The number of para-hydroxylation sites is 1. The van der Waals surface area contributed by atoms with Gasteiger partial charge in [-0.15, -0.1) is 11.3 Å². The Morgan fingerprint density at radius 2 is 2.14 bits per heavy atom. The molecule has 0 aliphatic carbocycles. The number of methoxy groups -OCH3 is 1. The van der Waals surface area contributed by atoms with Crippen LogP contribution >= 0.6 is 34.3 Å². The first-order valence-corrected chi connectivity index (χ1v) is 8.65. The molecule has 4 nitrogen and oxygen atoms in total. The first-order chi connectivity index (χ1) is 10.6. The minimum Gasteiger partial charge on any atom is -0.495 e. The summed E-state index contributed by atoms with van der Waals surface area (Å²) >= 11 is 9.23. The van der Waals surface area contributed by atoms with Gasteiger partial charge in [-0.05, 0) is 13.0 Å². The van der Waals surface area contributed by atoms with Crippen molar-refractivity contribution in [2.45, 2.75) is 13.3 Å². The molecule has 22 heavy (non-hydrogen) atoms. The van der Waals surface area contributed by atoms with Gasteiger partial charge in [-0.2, -0.15) is 0 Å². The zero-order valence-corrected chi connectivity index (χ0v) is 14.5. The predicted molar refractivity (Wildman–Crippen MR) is 93.2 cm³/mol. The van der Waals surface area contributed by atoms with Crippen molar-refractivity contribution in [1.82, 2.24) is 9.97 Å². The molecule has 3 rings (SSSR count). The van der Waals surface area contributed by atoms with Crippen molar-refractivity contribution < 1.29 is 4.74 Å². The van der Waals surface area contributed by atoms with Crippen LogP contribution < -0.4 is 10.5 Å². The molecule has 0 bridgehead atoms. The number of nitrogens with two attached hydrogens (primary N) is 1. The van der Waals surface area contributed by atoms with E-state index in [1.165, 1.54) is 11.3 Å². The van der Waals surface area contributed by atoms with E-state index in [2.05, 4.69) is 9.97 Å². The lowest BCUT2D eigenvalue weighted by atomic mass is 10.1. The second-order valence-corrected chi connectivity index (χ2v) is 7.08. The number of aromatic nitrogens is 2. The fraction of sp³-hybridized carbons (Fsp3) is 0.200. The molecular weight excluding hydrogens is 338 g/mol. The molecule has 0 atom stereocenters. The summed E-state index contributed by atoms with van der Waals surface area (Å²) in [7, 11) is 1.63. The van der Waals surface area contributed by atoms with Gasteiger partial charge >= 0.3 is 0 Å². The second-order valence-electron chi connectivity index (χ2n) is 4.70. The average Bonchev–Trinajstić information content (AvgIpc) is 3.05. The van der Waals surface area contributed by atoms with Gasteiger partial charge in [-0.3, -0.25) is 0 Å². The molecule has 0 unspecified atom stereocenters. The highest BCUT2D eigenvalue weighted by Gasteiger charge is 2.14. The fourth-order valence-electron chi connectivity index (χ4n) is 2.24. The first kappa shape index (κ1) is 15.3. The lowest BCUT2D eigenvalue weighted by Gasteiger charge is -2.08. The number of thiazole rings is 2. The number of halogens is 1. The average molecular weight is 352 g/mol. The summed E-state index contributed by atoms with van der Waals surface area (Å²) in [5.41, 5.74) is 8.62. The maximum atomic E-state index is 6.16. The molecule has 0 spiro atoms. The van der Waals surface area contributed by atoms with Crippen molar-refractivity contribution in [3.8, 4) is 16.3 Å². The van der Waals surface area contributed by atoms with Gasteiger partial charge in [0, 0.05) is 17.4 Å². The Bertz CT molecular complexity index is 813. The van der Waals surface area contributed by atoms with Crippen molar-refractivity contribution in [1.29, 1.82) is 0 Å². The monoisotopic (exact) mass is 351 g/mol. The Morgan fingerprint density at radius 1 is 1.32 bits per heavy atom. The summed E-state index contributed by atoms with van der Waals surface area (Å²) in [6.45, 7) is 1.95. The Labute approximate surface area is 141 Å². The number of aryl methyl sites for hydroxylation is 1. The van der Waals surface area contributed by atoms with Gasteiger partial charge in [0.15, 0.2) is 5.13 Å². The van der Waals surface area contributed by atoms with Crippen molar-refractivity contribution in [3.05, 3.63) is 44.9 Å². The lowest BCUT2D eigenvalue weighted by Crippen LogP contribution is -1.94. The van der Waals surface area contributed by atoms with Crippen LogP contribution in [0.25, 0.3) is 10.6 Å². The maximum absolute atomic E-state index is 6.16. The summed E-state index contributed by atoms with van der Waals surface area (Å²) < 4.78 is 5.38. The van der Waals surface area contributed by atoms with Gasteiger partial charge in [0.25, 0.3) is 0 Å². The molecule has 114 valence electrons. The second kappa shape index (κ2) is 6.24. The van der Waals surface area contributed by atoms with Gasteiger partial charge < -0.3 is 10.5 Å². The summed E-state index contributed by atoms with van der Waals surface area (Å²) in [4.78, 5) is 9.96. The third-order valence-electron chi connectivity index (χ3n) is 3.19. The smallest absolute Gasteiger partial charge is 0.180 e. The Morgan fingerprint density at radius 3 is 2.82 bits per heavy atom. The number of anilines is 1. The molecule has 0 saturated heterocycles. The standard InChI is InChI=1S/C15H14ClN3OS2/c1-8-14(22-15(17)18-8)11-7-21-12(19-11)6-9-4-3-5-10(16)13(9)20-2/h3-5,7H,6H2,1-2H3,(H2,17,18). The highest BCUT2D eigenvalue weighted by atomic mass is 35.5. The van der Waals surface area contributed by atoms with Crippen LogP contribution in [0.2, 0.25) is 5.02 Å². The Hall–Kier alpha value is -1.63. The van der Waals surface area contributed by atoms with Gasteiger partial charge in [0.2, 0.25) is 0 Å². The summed E-state index contributed by atoms with van der Waals surface area (Å²) in [6.07, 6.45) is 0.682. The van der Waals surface area contributed by atoms with Crippen LogP contribution in [0.15, 0.2) is 23.6 Å². The van der Waals surface area contributed by atoms with Crippen LogP contribution in [0, 0.1) is 6.92 Å². The maximum Gasteiger partial charge on any atom is 0.180 e. The van der Waals surface area contributed by atoms with Gasteiger partial charge in [0.05, 0.1) is 33.4 Å². The topological polar surface area (TPSA) is 61.0 Å². The minimum atomic E-state index is 0.568. The van der Waals surface area contributed by atoms with Crippen LogP contribution in [-0.4, -0.2) is 17.1 Å². The normalized spacial score (nSPS) is 10.9. The molecule has 2 heterocycles. The lowest BCUT2D eigenvalue weighted by molar-refractivity contribution is 0.411. The predicted octanol–water partition coefficient (Wildman–Crippen LogP) is 4.41. The highest BCUT2D eigenvalue weighted by molar-refractivity contribution is 7.19. The van der Waals surface area contributed by atoms with E-state index in [-0.39, 0.29) is 0 Å². The SMILES string of the molecule is COc1c(Cl)cccc1Cc1nc(-c2sc(N)nc2C)cs1. The number of benzene rings is 1. The quantitative estimate of drug-likeness (QED) is 0.756. The molecule has 2 N–H and O–H groups in total. The first-order valence-electron chi connectivity index (χ1n) is 6.57. The van der Waals surface area contributed by atoms with Crippen LogP contribution in [0.4, 0.5) is 5.13 Å². The summed E-state index contributed by atoms with van der Waals surface area (Å²) in [5, 5.41) is 4.22. The van der Waals surface area contributed by atoms with E-state index in [0.29, 0.717) is 22.3 Å². The van der Waals surface area contributed by atoms with Crippen LogP contribution in [0.5, 0.6) is 5.75 Å². The Balaban J connectivity index is 1.89. The van der Waals surface area contributed by atoms with E-state index in [1.54, 1.807) is 18.4 Å². The van der Waals surface area contributed by atoms with Gasteiger partial charge in [-0.25, -0.2) is 9.97 Å². The summed E-state index contributed by atoms with van der Waals surface area (Å²) in [6, 6.07) is 5.74. The number of nitrogen functional groups attached to an aromatic ring is 1. The largest absolute Gasteiger partial charge is 0.495 e. The fourth-order valence-corrected chi connectivity index (χ4v) is 4.18. The van der Waals surface area contributed by atoms with E-state index >= 15 is 0 Å². The van der Waals surface area contributed by atoms with Crippen LogP contribution in [-0.2, 0) is 6.42 Å². The number of rotatable bonds is 4. The van der Waals surface area contributed by atoms with Crippen LogP contribution in [0.1, 0.15) is 16.3 Å². The zero-order valence-electron chi connectivity index (χ0n) is 12.1. The third-order valence-corrected chi connectivity index (χ3v) is 5.35. The number of nitrogens with zero attached hydrogens (tertiary/aromatic N) is 2. The molecular formula is C15H14ClN3OS2. The van der Waals surface area contributed by atoms with E-state index in [4.69, 9.17) is 22.1 Å². The molecule has 1 aromatic carbocycles. The minimum absolute atomic E-state index is 0.568. The van der Waals surface area contributed by atoms with Gasteiger partial charge in [0.1, 0.15) is 5.75 Å². The molecule has 0 fully saturated rings. The number of hydrogen-bond acceptors (Lipinski definition) is 6. The molecule has 7 heteroatoms. The van der Waals surface area contributed by atoms with Gasteiger partial charge in [-0.1, -0.05) is 35.1 Å². The van der Waals surface area contributed by atoms with E-state index in [1.807, 2.05) is 30.5 Å². The van der Waals surface area contributed by atoms with Crippen molar-refractivity contribution in [2.75, 3.05) is 12.8 Å².